The maximum atomic E-state index is 12.1. The zero-order valence-electron chi connectivity index (χ0n) is 21.7. The zero-order chi connectivity index (χ0) is 27.6. The Morgan fingerprint density at radius 2 is 1.36 bits per heavy atom. The highest BCUT2D eigenvalue weighted by Crippen LogP contribution is 2.42. The minimum atomic E-state index is -1.44. The molecule has 1 amide bonds. The van der Waals surface area contributed by atoms with Gasteiger partial charge >= 0.3 is 23.9 Å². The molecule has 13 heteroatoms. The van der Waals surface area contributed by atoms with Crippen LogP contribution >= 0.6 is 0 Å². The van der Waals surface area contributed by atoms with Gasteiger partial charge < -0.3 is 29.4 Å². The van der Waals surface area contributed by atoms with Gasteiger partial charge in [-0.25, -0.2) is 0 Å². The molecule has 5 atom stereocenters. The zero-order valence-corrected chi connectivity index (χ0v) is 21.7. The number of amides is 1. The van der Waals surface area contributed by atoms with Gasteiger partial charge in [-0.2, -0.15) is 5.06 Å². The molecule has 0 saturated carbocycles. The molecule has 0 unspecified atom stereocenters. The minimum Gasteiger partial charge on any atom is -0.463 e. The molecule has 0 aromatic heterocycles. The summed E-state index contributed by atoms with van der Waals surface area (Å²) >= 11 is 0. The first-order valence-corrected chi connectivity index (χ1v) is 11.3. The maximum Gasteiger partial charge on any atom is 0.303 e. The number of hydrogen-bond acceptors (Lipinski definition) is 12. The van der Waals surface area contributed by atoms with E-state index >= 15 is 0 Å². The molecule has 1 fully saturated rings. The van der Waals surface area contributed by atoms with Gasteiger partial charge in [0, 0.05) is 33.3 Å². The van der Waals surface area contributed by atoms with Crippen LogP contribution in [0, 0.1) is 0 Å². The second-order valence-electron chi connectivity index (χ2n) is 9.60. The van der Waals surface area contributed by atoms with Gasteiger partial charge in [-0.1, -0.05) is 6.08 Å². The summed E-state index contributed by atoms with van der Waals surface area (Å²) < 4.78 is 27.2. The normalized spacial score (nSPS) is 29.0. The first-order chi connectivity index (χ1) is 16.5. The number of hydroxylamine groups is 2. The van der Waals surface area contributed by atoms with E-state index in [0.717, 1.165) is 20.8 Å². The highest BCUT2D eigenvalue weighted by Gasteiger charge is 2.56. The quantitative estimate of drug-likeness (QED) is 0.347. The molecular formula is C23H34N2O11. The van der Waals surface area contributed by atoms with Crippen LogP contribution in [0.5, 0.6) is 0 Å². The van der Waals surface area contributed by atoms with Crippen molar-refractivity contribution < 1.29 is 52.5 Å². The van der Waals surface area contributed by atoms with E-state index in [0.29, 0.717) is 0 Å². The summed E-state index contributed by atoms with van der Waals surface area (Å²) in [6.45, 7) is 11.1. The molecule has 2 aliphatic rings. The van der Waals surface area contributed by atoms with Crippen molar-refractivity contribution in [1.82, 2.24) is 5.06 Å². The number of esters is 4. The molecule has 202 valence electrons. The lowest BCUT2D eigenvalue weighted by atomic mass is 9.96. The molecule has 0 spiro atoms. The summed E-state index contributed by atoms with van der Waals surface area (Å²) in [6.07, 6.45) is -5.07. The first-order valence-electron chi connectivity index (χ1n) is 11.3. The van der Waals surface area contributed by atoms with E-state index in [1.807, 2.05) is 0 Å². The predicted octanol–water partition coefficient (Wildman–Crippen LogP) is 0.286. The Kier molecular flexibility index (Phi) is 8.86. The molecule has 2 aliphatic heterocycles. The fraction of sp³-hybridized carbons (Fsp3) is 0.696. The second-order valence-corrected chi connectivity index (χ2v) is 9.60. The smallest absolute Gasteiger partial charge is 0.303 e. The number of primary amides is 1. The summed E-state index contributed by atoms with van der Waals surface area (Å²) in [6, 6.07) is 0. The van der Waals surface area contributed by atoms with Gasteiger partial charge in [0.15, 0.2) is 18.3 Å². The minimum absolute atomic E-state index is 0.276. The number of nitrogens with two attached hydrogens (primary N) is 1. The van der Waals surface area contributed by atoms with Crippen molar-refractivity contribution in [2.75, 3.05) is 6.61 Å². The topological polar surface area (TPSA) is 170 Å². The van der Waals surface area contributed by atoms with Gasteiger partial charge in [0.1, 0.15) is 12.7 Å². The third kappa shape index (κ3) is 6.59. The van der Waals surface area contributed by atoms with Crippen molar-refractivity contribution in [3.63, 3.8) is 0 Å². The van der Waals surface area contributed by atoms with Crippen LogP contribution in [0.1, 0.15) is 55.4 Å². The van der Waals surface area contributed by atoms with Crippen LogP contribution in [0.4, 0.5) is 0 Å². The maximum absolute atomic E-state index is 12.1. The van der Waals surface area contributed by atoms with Crippen LogP contribution in [-0.4, -0.2) is 83.2 Å². The Balaban J connectivity index is 2.54. The predicted molar refractivity (Wildman–Crippen MR) is 120 cm³/mol. The molecule has 0 aliphatic carbocycles. The van der Waals surface area contributed by atoms with Gasteiger partial charge in [-0.15, -0.1) is 0 Å². The summed E-state index contributed by atoms with van der Waals surface area (Å²) in [5.41, 5.74) is 3.92. The fourth-order valence-corrected chi connectivity index (χ4v) is 4.44. The number of nitrogens with zero attached hydrogens (tertiary/aromatic N) is 1. The molecule has 1 saturated heterocycles. The van der Waals surface area contributed by atoms with Crippen molar-refractivity contribution in [3.8, 4) is 0 Å². The van der Waals surface area contributed by atoms with Gasteiger partial charge in [0.25, 0.3) is 0 Å². The lowest BCUT2D eigenvalue weighted by molar-refractivity contribution is -0.386. The summed E-state index contributed by atoms with van der Waals surface area (Å²) in [5.74, 6) is -3.56. The van der Waals surface area contributed by atoms with E-state index in [-0.39, 0.29) is 5.57 Å². The van der Waals surface area contributed by atoms with Gasteiger partial charge in [-0.05, 0) is 27.7 Å². The Bertz CT molecular complexity index is 942. The van der Waals surface area contributed by atoms with Gasteiger partial charge in [0.2, 0.25) is 12.2 Å². The monoisotopic (exact) mass is 514 g/mol. The number of carbonyl (C=O) groups is 5. The molecule has 13 nitrogen and oxygen atoms in total. The van der Waals surface area contributed by atoms with Crippen molar-refractivity contribution >= 4 is 29.8 Å². The molecule has 0 aromatic carbocycles. The van der Waals surface area contributed by atoms with Crippen LogP contribution in [0.2, 0.25) is 0 Å². The molecule has 0 radical (unpaired) electrons. The lowest BCUT2D eigenvalue weighted by Crippen LogP contribution is -2.65. The van der Waals surface area contributed by atoms with Gasteiger partial charge in [0.05, 0.1) is 11.1 Å². The van der Waals surface area contributed by atoms with E-state index in [4.69, 9.17) is 34.3 Å². The molecule has 36 heavy (non-hydrogen) atoms. The average molecular weight is 515 g/mol. The first kappa shape index (κ1) is 29.2. The van der Waals surface area contributed by atoms with Crippen molar-refractivity contribution in [2.45, 2.75) is 97.2 Å². The number of rotatable bonds is 8. The van der Waals surface area contributed by atoms with Crippen molar-refractivity contribution in [2.24, 2.45) is 5.73 Å². The Labute approximate surface area is 209 Å². The summed E-state index contributed by atoms with van der Waals surface area (Å²) in [4.78, 5) is 65.6. The van der Waals surface area contributed by atoms with E-state index in [9.17, 15) is 24.0 Å². The molecule has 2 rings (SSSR count). The molecule has 2 heterocycles. The highest BCUT2D eigenvalue weighted by molar-refractivity contribution is 5.95. The number of ether oxygens (including phenoxy) is 5. The van der Waals surface area contributed by atoms with Crippen molar-refractivity contribution in [3.05, 3.63) is 11.6 Å². The van der Waals surface area contributed by atoms with E-state index in [2.05, 4.69) is 0 Å². The Morgan fingerprint density at radius 3 is 1.81 bits per heavy atom. The van der Waals surface area contributed by atoms with Crippen LogP contribution in [0.15, 0.2) is 11.6 Å². The fourth-order valence-electron chi connectivity index (χ4n) is 4.44. The summed E-state index contributed by atoms with van der Waals surface area (Å²) in [7, 11) is 0. The van der Waals surface area contributed by atoms with Gasteiger partial charge in [-0.3, -0.25) is 28.8 Å². The van der Waals surface area contributed by atoms with Crippen LogP contribution in [-0.2, 0) is 52.5 Å². The summed E-state index contributed by atoms with van der Waals surface area (Å²) in [5, 5.41) is 1.45. The number of hydrogen-bond donors (Lipinski definition) is 1. The highest BCUT2D eigenvalue weighted by atomic mass is 16.8. The second kappa shape index (κ2) is 10.9. The SMILES string of the molecule is CC(=O)OC[C@H]1O[C@H](ON2C(C)(C)C=C(C(N)=O)C2(C)C)[C@H](OC(C)=O)[C@@H](OC(C)=O)[C@H]1OC(C)=O. The van der Waals surface area contributed by atoms with E-state index in [1.54, 1.807) is 33.8 Å². The van der Waals surface area contributed by atoms with Crippen LogP contribution in [0.25, 0.3) is 0 Å². The Morgan fingerprint density at radius 1 is 0.861 bits per heavy atom. The van der Waals surface area contributed by atoms with Crippen LogP contribution < -0.4 is 5.73 Å². The molecule has 2 N–H and O–H groups in total. The third-order valence-electron chi connectivity index (χ3n) is 5.61. The van der Waals surface area contributed by atoms with E-state index in [1.165, 1.54) is 12.0 Å². The standard InChI is InChI=1S/C23H34N2O11/c1-11(26)31-10-16-17(32-12(2)27)18(33-13(3)28)19(34-14(4)29)21(35-16)36-25-22(5,6)9-15(20(24)30)23(25,7)8/h9,16-19,21H,10H2,1-8H3,(H2,24,30)/t16-,17+,18+,19-,21-/m1/s1. The molecule has 0 aromatic rings. The average Bonchev–Trinajstić information content (AvgIpc) is 2.89. The third-order valence-corrected chi connectivity index (χ3v) is 5.61. The van der Waals surface area contributed by atoms with Crippen molar-refractivity contribution in [1.29, 1.82) is 0 Å². The van der Waals surface area contributed by atoms with Crippen LogP contribution in [0.3, 0.4) is 0 Å². The lowest BCUT2D eigenvalue weighted by Gasteiger charge is -2.48. The Hall–Kier alpha value is -3.03. The molecule has 0 bridgehead atoms. The molecular weight excluding hydrogens is 480 g/mol. The van der Waals surface area contributed by atoms with E-state index < -0.39 is 78.2 Å². The number of carbonyl (C=O) groups excluding carboxylic acids is 5. The largest absolute Gasteiger partial charge is 0.463 e.